The zero-order chi connectivity index (χ0) is 12.1. The second-order valence-electron chi connectivity index (χ2n) is 3.63. The zero-order valence-electron chi connectivity index (χ0n) is 9.31. The van der Waals surface area contributed by atoms with E-state index in [0.29, 0.717) is 17.8 Å². The summed E-state index contributed by atoms with van der Waals surface area (Å²) >= 11 is 0. The van der Waals surface area contributed by atoms with E-state index in [1.165, 1.54) is 0 Å². The van der Waals surface area contributed by atoms with Crippen molar-refractivity contribution < 1.29 is 4.42 Å². The topological polar surface area (TPSA) is 75.0 Å². The van der Waals surface area contributed by atoms with Crippen LogP contribution in [0.3, 0.4) is 0 Å². The lowest BCUT2D eigenvalue weighted by molar-refractivity contribution is 0.513. The number of nitrogens with zero attached hydrogens (tertiary/aromatic N) is 1. The van der Waals surface area contributed by atoms with Crippen LogP contribution in [0.25, 0.3) is 0 Å². The fraction of sp³-hybridized carbons (Fsp3) is 0.154. The van der Waals surface area contributed by atoms with Crippen LogP contribution in [0.5, 0.6) is 0 Å². The fourth-order valence-corrected chi connectivity index (χ4v) is 1.59. The van der Waals surface area contributed by atoms with E-state index in [1.807, 2.05) is 24.3 Å². The van der Waals surface area contributed by atoms with Gasteiger partial charge >= 0.3 is 0 Å². The summed E-state index contributed by atoms with van der Waals surface area (Å²) in [6, 6.07) is 11.2. The van der Waals surface area contributed by atoms with Gasteiger partial charge in [0.25, 0.3) is 0 Å². The van der Waals surface area contributed by atoms with Crippen molar-refractivity contribution in [3.05, 3.63) is 47.9 Å². The van der Waals surface area contributed by atoms with Crippen LogP contribution in [0.1, 0.15) is 11.3 Å². The minimum absolute atomic E-state index is 0.494. The van der Waals surface area contributed by atoms with Crippen molar-refractivity contribution in [2.45, 2.75) is 6.42 Å². The van der Waals surface area contributed by atoms with Crippen molar-refractivity contribution in [1.82, 2.24) is 0 Å². The Hall–Kier alpha value is -2.41. The highest BCUT2D eigenvalue weighted by molar-refractivity contribution is 5.72. The van der Waals surface area contributed by atoms with Gasteiger partial charge in [0.15, 0.2) is 0 Å². The van der Waals surface area contributed by atoms with Crippen molar-refractivity contribution >= 4 is 11.4 Å². The lowest BCUT2D eigenvalue weighted by atomic mass is 10.1. The number of nitrogen functional groups attached to an aromatic ring is 1. The molecule has 0 aliphatic carbocycles. The summed E-state index contributed by atoms with van der Waals surface area (Å²) in [5.74, 6) is 0.924. The molecule has 0 bridgehead atoms. The average molecular weight is 227 g/mol. The van der Waals surface area contributed by atoms with E-state index in [9.17, 15) is 0 Å². The van der Waals surface area contributed by atoms with Gasteiger partial charge in [-0.1, -0.05) is 6.07 Å². The van der Waals surface area contributed by atoms with Crippen LogP contribution < -0.4 is 11.1 Å². The molecular formula is C13H13N3O. The molecule has 0 saturated heterocycles. The summed E-state index contributed by atoms with van der Waals surface area (Å²) < 4.78 is 5.22. The van der Waals surface area contributed by atoms with Crippen molar-refractivity contribution in [2.24, 2.45) is 0 Å². The van der Waals surface area contributed by atoms with E-state index in [4.69, 9.17) is 15.4 Å². The van der Waals surface area contributed by atoms with Gasteiger partial charge in [0.05, 0.1) is 23.2 Å². The Morgan fingerprint density at radius 1 is 1.29 bits per heavy atom. The molecule has 3 N–H and O–H groups in total. The quantitative estimate of drug-likeness (QED) is 0.786. The molecule has 0 unspecified atom stereocenters. The van der Waals surface area contributed by atoms with Gasteiger partial charge in [-0.05, 0) is 24.3 Å². The Kier molecular flexibility index (Phi) is 3.31. The number of nitrogens with two attached hydrogens (primary N) is 1. The first-order valence-corrected chi connectivity index (χ1v) is 5.36. The Labute approximate surface area is 99.7 Å². The van der Waals surface area contributed by atoms with Crippen LogP contribution in [0.4, 0.5) is 11.4 Å². The Bertz CT molecular complexity index is 526. The maximum absolute atomic E-state index is 8.85. The molecule has 0 saturated carbocycles. The van der Waals surface area contributed by atoms with E-state index in [0.717, 1.165) is 17.9 Å². The predicted molar refractivity (Wildman–Crippen MR) is 66.5 cm³/mol. The summed E-state index contributed by atoms with van der Waals surface area (Å²) in [6.45, 7) is 0.715. The smallest absolute Gasteiger partial charge is 0.105 e. The van der Waals surface area contributed by atoms with Gasteiger partial charge in [-0.25, -0.2) is 0 Å². The summed E-state index contributed by atoms with van der Waals surface area (Å²) in [7, 11) is 0. The number of anilines is 2. The largest absolute Gasteiger partial charge is 0.469 e. The highest BCUT2D eigenvalue weighted by Gasteiger charge is 2.03. The number of nitrogens with one attached hydrogen (secondary N) is 1. The van der Waals surface area contributed by atoms with E-state index in [2.05, 4.69) is 11.4 Å². The van der Waals surface area contributed by atoms with Gasteiger partial charge in [-0.15, -0.1) is 0 Å². The summed E-state index contributed by atoms with van der Waals surface area (Å²) in [4.78, 5) is 0. The van der Waals surface area contributed by atoms with E-state index < -0.39 is 0 Å². The SMILES string of the molecule is N#Cc1cccc(NCCc2ccco2)c1N. The first-order chi connectivity index (χ1) is 8.31. The van der Waals surface area contributed by atoms with Gasteiger partial charge in [0, 0.05) is 13.0 Å². The Morgan fingerprint density at radius 3 is 2.88 bits per heavy atom. The molecule has 0 aliphatic rings. The number of benzene rings is 1. The molecule has 4 heteroatoms. The number of furan rings is 1. The van der Waals surface area contributed by atoms with Crippen molar-refractivity contribution in [3.63, 3.8) is 0 Å². The monoisotopic (exact) mass is 227 g/mol. The lowest BCUT2D eigenvalue weighted by Crippen LogP contribution is -2.07. The fourth-order valence-electron chi connectivity index (χ4n) is 1.59. The van der Waals surface area contributed by atoms with Gasteiger partial charge in [0.2, 0.25) is 0 Å². The molecule has 0 aliphatic heterocycles. The van der Waals surface area contributed by atoms with Crippen molar-refractivity contribution in [1.29, 1.82) is 5.26 Å². The standard InChI is InChI=1S/C13H13N3O/c14-9-10-3-1-5-12(13(10)15)16-7-6-11-4-2-8-17-11/h1-5,8,16H,6-7,15H2. The van der Waals surface area contributed by atoms with Gasteiger partial charge in [-0.2, -0.15) is 5.26 Å². The highest BCUT2D eigenvalue weighted by Crippen LogP contribution is 2.21. The Morgan fingerprint density at radius 2 is 2.18 bits per heavy atom. The van der Waals surface area contributed by atoms with E-state index >= 15 is 0 Å². The molecule has 2 rings (SSSR count). The molecular weight excluding hydrogens is 214 g/mol. The van der Waals surface area contributed by atoms with Crippen LogP contribution in [-0.2, 0) is 6.42 Å². The minimum atomic E-state index is 0.494. The lowest BCUT2D eigenvalue weighted by Gasteiger charge is -2.09. The summed E-state index contributed by atoms with van der Waals surface area (Å²) in [6.07, 6.45) is 2.43. The normalized spacial score (nSPS) is 9.82. The third kappa shape index (κ3) is 2.58. The third-order valence-corrected chi connectivity index (χ3v) is 2.49. The maximum Gasteiger partial charge on any atom is 0.105 e. The second-order valence-corrected chi connectivity index (χ2v) is 3.63. The molecule has 17 heavy (non-hydrogen) atoms. The minimum Gasteiger partial charge on any atom is -0.469 e. The van der Waals surface area contributed by atoms with Gasteiger partial charge in [-0.3, -0.25) is 0 Å². The Balaban J connectivity index is 1.98. The third-order valence-electron chi connectivity index (χ3n) is 2.49. The van der Waals surface area contributed by atoms with Gasteiger partial charge in [0.1, 0.15) is 11.8 Å². The summed E-state index contributed by atoms with van der Waals surface area (Å²) in [5.41, 5.74) is 7.62. The zero-order valence-corrected chi connectivity index (χ0v) is 9.31. The predicted octanol–water partition coefficient (Wildman–Crippen LogP) is 2.39. The van der Waals surface area contributed by atoms with Crippen molar-refractivity contribution in [3.8, 4) is 6.07 Å². The van der Waals surface area contributed by atoms with Crippen LogP contribution in [-0.4, -0.2) is 6.54 Å². The molecule has 0 spiro atoms. The molecule has 4 nitrogen and oxygen atoms in total. The van der Waals surface area contributed by atoms with Crippen LogP contribution >= 0.6 is 0 Å². The van der Waals surface area contributed by atoms with E-state index in [-0.39, 0.29) is 0 Å². The van der Waals surface area contributed by atoms with Crippen LogP contribution in [0.15, 0.2) is 41.0 Å². The van der Waals surface area contributed by atoms with E-state index in [1.54, 1.807) is 12.3 Å². The number of nitriles is 1. The number of hydrogen-bond donors (Lipinski definition) is 2. The first kappa shape index (κ1) is 11.1. The molecule has 0 fully saturated rings. The van der Waals surface area contributed by atoms with Crippen molar-refractivity contribution in [2.75, 3.05) is 17.6 Å². The molecule has 1 heterocycles. The number of para-hydroxylation sites is 1. The first-order valence-electron chi connectivity index (χ1n) is 5.36. The molecule has 86 valence electrons. The molecule has 2 aromatic rings. The average Bonchev–Trinajstić information content (AvgIpc) is 2.84. The van der Waals surface area contributed by atoms with Crippen LogP contribution in [0.2, 0.25) is 0 Å². The molecule has 0 atom stereocenters. The maximum atomic E-state index is 8.85. The van der Waals surface area contributed by atoms with Crippen LogP contribution in [0, 0.1) is 11.3 Å². The molecule has 1 aromatic carbocycles. The number of hydrogen-bond acceptors (Lipinski definition) is 4. The van der Waals surface area contributed by atoms with Gasteiger partial charge < -0.3 is 15.5 Å². The molecule has 0 amide bonds. The summed E-state index contributed by atoms with van der Waals surface area (Å²) in [5, 5.41) is 12.0. The highest BCUT2D eigenvalue weighted by atomic mass is 16.3. The number of rotatable bonds is 4. The second kappa shape index (κ2) is 5.08. The molecule has 1 aromatic heterocycles. The molecule has 0 radical (unpaired) electrons.